The number of nitrogens with zero attached hydrogens (tertiary/aromatic N) is 1. The number of ether oxygens (including phenoxy) is 2. The van der Waals surface area contributed by atoms with Crippen LogP contribution < -0.4 is 5.32 Å². The minimum atomic E-state index is -0.377. The fraction of sp³-hybridized carbons (Fsp3) is 1.00. The highest BCUT2D eigenvalue weighted by Crippen LogP contribution is 2.34. The maximum atomic E-state index is 10.8. The molecule has 0 amide bonds. The van der Waals surface area contributed by atoms with E-state index in [2.05, 4.69) is 10.2 Å². The summed E-state index contributed by atoms with van der Waals surface area (Å²) in [7, 11) is 0. The van der Waals surface area contributed by atoms with Crippen LogP contribution in [-0.2, 0) is 9.47 Å². The SMILES string of the molecule is O[C@H]1[C@H](NCC2CC2)[C@H]2CO[C@H](O2)[C@@H]1N1CCCCC1. The van der Waals surface area contributed by atoms with Crippen LogP contribution >= 0.6 is 0 Å². The van der Waals surface area contributed by atoms with Crippen LogP contribution in [0.1, 0.15) is 32.1 Å². The molecule has 114 valence electrons. The molecule has 5 atom stereocenters. The van der Waals surface area contributed by atoms with Crippen LogP contribution in [0.2, 0.25) is 0 Å². The molecule has 1 saturated carbocycles. The number of likely N-dealkylation sites (tertiary alicyclic amines) is 1. The highest BCUT2D eigenvalue weighted by molar-refractivity contribution is 5.02. The molecule has 2 N–H and O–H groups in total. The summed E-state index contributed by atoms with van der Waals surface area (Å²) in [6, 6.07) is 0.0343. The first-order chi connectivity index (χ1) is 9.83. The third kappa shape index (κ3) is 2.50. The molecule has 0 spiro atoms. The molecule has 0 aromatic rings. The summed E-state index contributed by atoms with van der Waals surface area (Å²) < 4.78 is 11.8. The topological polar surface area (TPSA) is 54.0 Å². The van der Waals surface area contributed by atoms with Crippen LogP contribution in [-0.4, -0.2) is 66.8 Å². The van der Waals surface area contributed by atoms with Gasteiger partial charge in [-0.25, -0.2) is 0 Å². The summed E-state index contributed by atoms with van der Waals surface area (Å²) >= 11 is 0. The first-order valence-corrected chi connectivity index (χ1v) is 8.25. The lowest BCUT2D eigenvalue weighted by molar-refractivity contribution is -0.184. The molecule has 2 bridgehead atoms. The van der Waals surface area contributed by atoms with Crippen LogP contribution in [0.4, 0.5) is 0 Å². The van der Waals surface area contributed by atoms with Crippen molar-refractivity contribution in [3.63, 3.8) is 0 Å². The largest absolute Gasteiger partial charge is 0.390 e. The van der Waals surface area contributed by atoms with Gasteiger partial charge in [0.05, 0.1) is 24.8 Å². The van der Waals surface area contributed by atoms with Crippen LogP contribution in [0.3, 0.4) is 0 Å². The van der Waals surface area contributed by atoms with Crippen LogP contribution in [0.25, 0.3) is 0 Å². The second-order valence-electron chi connectivity index (χ2n) is 6.83. The van der Waals surface area contributed by atoms with Crippen molar-refractivity contribution in [2.24, 2.45) is 5.92 Å². The molecule has 0 aromatic heterocycles. The molecule has 4 rings (SSSR count). The first kappa shape index (κ1) is 13.5. The molecule has 0 aromatic carbocycles. The van der Waals surface area contributed by atoms with Gasteiger partial charge in [-0.3, -0.25) is 4.90 Å². The van der Waals surface area contributed by atoms with E-state index in [0.29, 0.717) is 6.61 Å². The molecule has 20 heavy (non-hydrogen) atoms. The van der Waals surface area contributed by atoms with Gasteiger partial charge in [-0.2, -0.15) is 0 Å². The van der Waals surface area contributed by atoms with Gasteiger partial charge in [0, 0.05) is 0 Å². The van der Waals surface area contributed by atoms with Crippen LogP contribution in [0.15, 0.2) is 0 Å². The molecular weight excluding hydrogens is 256 g/mol. The standard InChI is InChI=1S/C15H26N2O3/c18-14-12(16-8-10-4-5-10)11-9-19-15(20-11)13(14)17-6-2-1-3-7-17/h10-16,18H,1-9H2/t11-,12-,13-,14+,15-/m1/s1. The Morgan fingerprint density at radius 3 is 2.70 bits per heavy atom. The van der Waals surface area contributed by atoms with E-state index in [4.69, 9.17) is 9.47 Å². The Hall–Kier alpha value is -0.200. The summed E-state index contributed by atoms with van der Waals surface area (Å²) in [5.74, 6) is 0.815. The molecule has 1 aliphatic carbocycles. The van der Waals surface area contributed by atoms with Gasteiger partial charge in [0.15, 0.2) is 6.29 Å². The number of fused-ring (bicyclic) bond motifs is 2. The van der Waals surface area contributed by atoms with Crippen molar-refractivity contribution in [3.8, 4) is 0 Å². The fourth-order valence-electron chi connectivity index (χ4n) is 3.88. The monoisotopic (exact) mass is 282 g/mol. The molecule has 3 aliphatic heterocycles. The third-order valence-electron chi connectivity index (χ3n) is 5.28. The number of aliphatic hydroxyl groups is 1. The second-order valence-corrected chi connectivity index (χ2v) is 6.83. The number of rotatable bonds is 4. The van der Waals surface area contributed by atoms with Crippen molar-refractivity contribution in [1.82, 2.24) is 10.2 Å². The normalized spacial score (nSPS) is 45.8. The summed E-state index contributed by atoms with van der Waals surface area (Å²) in [5.41, 5.74) is 0. The Kier molecular flexibility index (Phi) is 3.73. The number of hydrogen-bond acceptors (Lipinski definition) is 5. The van der Waals surface area contributed by atoms with Gasteiger partial charge in [-0.15, -0.1) is 0 Å². The third-order valence-corrected chi connectivity index (χ3v) is 5.28. The predicted molar refractivity (Wildman–Crippen MR) is 74.3 cm³/mol. The van der Waals surface area contributed by atoms with E-state index < -0.39 is 0 Å². The van der Waals surface area contributed by atoms with E-state index in [9.17, 15) is 5.11 Å². The lowest BCUT2D eigenvalue weighted by atomic mass is 9.93. The van der Waals surface area contributed by atoms with Gasteiger partial charge in [0.25, 0.3) is 0 Å². The molecule has 4 fully saturated rings. The quantitative estimate of drug-likeness (QED) is 0.778. The molecule has 3 saturated heterocycles. The lowest BCUT2D eigenvalue weighted by Gasteiger charge is -2.45. The van der Waals surface area contributed by atoms with Gasteiger partial charge in [-0.1, -0.05) is 6.42 Å². The van der Waals surface area contributed by atoms with Gasteiger partial charge >= 0.3 is 0 Å². The molecule has 4 aliphatic rings. The summed E-state index contributed by atoms with van der Waals surface area (Å²) in [6.45, 7) is 3.75. The van der Waals surface area contributed by atoms with Crippen molar-refractivity contribution in [2.45, 2.75) is 62.7 Å². The fourth-order valence-corrected chi connectivity index (χ4v) is 3.88. The molecule has 5 heteroatoms. The highest BCUT2D eigenvalue weighted by atomic mass is 16.7. The van der Waals surface area contributed by atoms with E-state index in [1.165, 1.54) is 32.1 Å². The minimum absolute atomic E-state index is 0.00533. The van der Waals surface area contributed by atoms with Gasteiger partial charge < -0.3 is 19.9 Å². The zero-order chi connectivity index (χ0) is 13.5. The summed E-state index contributed by atoms with van der Waals surface area (Å²) in [4.78, 5) is 2.38. The Balaban J connectivity index is 1.46. The average molecular weight is 282 g/mol. The van der Waals surface area contributed by atoms with Crippen molar-refractivity contribution in [1.29, 1.82) is 0 Å². The number of aliphatic hydroxyl groups excluding tert-OH is 1. The van der Waals surface area contributed by atoms with E-state index >= 15 is 0 Å². The summed E-state index contributed by atoms with van der Waals surface area (Å²) in [5, 5.41) is 14.4. The predicted octanol–water partition coefficient (Wildman–Crippen LogP) is 0.325. The van der Waals surface area contributed by atoms with E-state index in [1.54, 1.807) is 0 Å². The molecule has 5 nitrogen and oxygen atoms in total. The summed E-state index contributed by atoms with van der Waals surface area (Å²) in [6.07, 6.45) is 5.82. The highest BCUT2D eigenvalue weighted by Gasteiger charge is 2.52. The van der Waals surface area contributed by atoms with Crippen molar-refractivity contribution in [3.05, 3.63) is 0 Å². The molecule has 0 unspecified atom stereocenters. The molecule has 3 heterocycles. The minimum Gasteiger partial charge on any atom is -0.390 e. The van der Waals surface area contributed by atoms with E-state index in [1.807, 2.05) is 0 Å². The van der Waals surface area contributed by atoms with Crippen molar-refractivity contribution >= 4 is 0 Å². The van der Waals surface area contributed by atoms with Crippen molar-refractivity contribution < 1.29 is 14.6 Å². The van der Waals surface area contributed by atoms with E-state index in [-0.39, 0.29) is 30.6 Å². The number of hydrogen-bond donors (Lipinski definition) is 2. The smallest absolute Gasteiger partial charge is 0.176 e. The number of piperidine rings is 1. The van der Waals surface area contributed by atoms with Gasteiger partial charge in [-0.05, 0) is 51.2 Å². The Bertz CT molecular complexity index is 344. The Morgan fingerprint density at radius 2 is 1.95 bits per heavy atom. The van der Waals surface area contributed by atoms with Crippen molar-refractivity contribution in [2.75, 3.05) is 26.2 Å². The van der Waals surface area contributed by atoms with Gasteiger partial charge in [0.1, 0.15) is 6.10 Å². The van der Waals surface area contributed by atoms with E-state index in [0.717, 1.165) is 25.6 Å². The lowest BCUT2D eigenvalue weighted by Crippen LogP contribution is -2.65. The molecule has 0 radical (unpaired) electrons. The van der Waals surface area contributed by atoms with Gasteiger partial charge in [0.2, 0.25) is 0 Å². The first-order valence-electron chi connectivity index (χ1n) is 8.25. The zero-order valence-corrected chi connectivity index (χ0v) is 12.0. The maximum absolute atomic E-state index is 10.8. The maximum Gasteiger partial charge on any atom is 0.176 e. The van der Waals surface area contributed by atoms with Crippen LogP contribution in [0, 0.1) is 5.92 Å². The second kappa shape index (κ2) is 5.54. The Labute approximate surface area is 120 Å². The molecular formula is C15H26N2O3. The van der Waals surface area contributed by atoms with Crippen LogP contribution in [0.5, 0.6) is 0 Å². The average Bonchev–Trinajstić information content (AvgIpc) is 3.20. The Morgan fingerprint density at radius 1 is 1.15 bits per heavy atom. The zero-order valence-electron chi connectivity index (χ0n) is 12.0. The number of nitrogens with one attached hydrogen (secondary N) is 1.